The Morgan fingerprint density at radius 2 is 2.00 bits per heavy atom. The number of amides is 1. The number of thiazole rings is 1. The number of rotatable bonds is 5. The van der Waals surface area contributed by atoms with Gasteiger partial charge in [-0.2, -0.15) is 5.26 Å². The van der Waals surface area contributed by atoms with Gasteiger partial charge in [0.25, 0.3) is 5.91 Å². The van der Waals surface area contributed by atoms with E-state index in [-0.39, 0.29) is 17.5 Å². The van der Waals surface area contributed by atoms with Crippen LogP contribution >= 0.6 is 23.6 Å². The number of fused-ring (bicyclic) bond motifs is 1. The zero-order valence-corrected chi connectivity index (χ0v) is 17.7. The van der Waals surface area contributed by atoms with Crippen LogP contribution in [0.5, 0.6) is 0 Å². The summed E-state index contributed by atoms with van der Waals surface area (Å²) in [5.74, 6) is -0.310. The van der Waals surface area contributed by atoms with Crippen molar-refractivity contribution in [2.75, 3.05) is 4.90 Å². The van der Waals surface area contributed by atoms with E-state index < -0.39 is 0 Å². The first kappa shape index (κ1) is 20.0. The van der Waals surface area contributed by atoms with Crippen LogP contribution in [0, 0.1) is 15.3 Å². The van der Waals surface area contributed by atoms with Gasteiger partial charge in [0.15, 0.2) is 3.95 Å². The van der Waals surface area contributed by atoms with E-state index in [4.69, 9.17) is 12.2 Å². The molecular weight excluding hydrogens is 386 g/mol. The van der Waals surface area contributed by atoms with Crippen LogP contribution in [0.2, 0.25) is 0 Å². The second-order valence-corrected chi connectivity index (χ2v) is 8.45. The number of aryl methyl sites for hydroxylation is 1. The van der Waals surface area contributed by atoms with Gasteiger partial charge in [-0.1, -0.05) is 31.2 Å². The Bertz CT molecular complexity index is 1130. The lowest BCUT2D eigenvalue weighted by atomic mass is 10.1. The summed E-state index contributed by atoms with van der Waals surface area (Å²) in [7, 11) is 0. The normalized spacial score (nSPS) is 11.6. The minimum absolute atomic E-state index is 0.101. The summed E-state index contributed by atoms with van der Waals surface area (Å²) < 4.78 is 1.68. The molecule has 3 aromatic rings. The average molecular weight is 408 g/mol. The van der Waals surface area contributed by atoms with Crippen LogP contribution in [0.1, 0.15) is 31.9 Å². The Morgan fingerprint density at radius 3 is 2.61 bits per heavy atom. The SMILES string of the molecule is CCc1ccc(/C=C(\C#N)C(=O)N(c2ccc3[nH]c(=S)sc3c2)C(C)C)cc1. The van der Waals surface area contributed by atoms with E-state index in [1.165, 1.54) is 16.9 Å². The number of benzene rings is 2. The lowest BCUT2D eigenvalue weighted by Crippen LogP contribution is -2.37. The maximum absolute atomic E-state index is 13.2. The smallest absolute Gasteiger partial charge is 0.269 e. The predicted molar refractivity (Wildman–Crippen MR) is 119 cm³/mol. The van der Waals surface area contributed by atoms with E-state index >= 15 is 0 Å². The fraction of sp³-hybridized carbons (Fsp3) is 0.227. The zero-order valence-electron chi connectivity index (χ0n) is 16.0. The van der Waals surface area contributed by atoms with Crippen molar-refractivity contribution in [2.24, 2.45) is 0 Å². The number of nitrogens with one attached hydrogen (secondary N) is 1. The number of carbonyl (C=O) groups is 1. The minimum Gasteiger partial charge on any atom is -0.337 e. The van der Waals surface area contributed by atoms with E-state index in [1.807, 2.05) is 56.3 Å². The molecule has 1 amide bonds. The molecular formula is C22H21N3OS2. The van der Waals surface area contributed by atoms with Crippen LogP contribution in [0.15, 0.2) is 48.0 Å². The monoisotopic (exact) mass is 407 g/mol. The molecule has 0 atom stereocenters. The highest BCUT2D eigenvalue weighted by Crippen LogP contribution is 2.28. The van der Waals surface area contributed by atoms with E-state index in [1.54, 1.807) is 11.0 Å². The first-order chi connectivity index (χ1) is 13.4. The van der Waals surface area contributed by atoms with Gasteiger partial charge < -0.3 is 9.88 Å². The fourth-order valence-corrected chi connectivity index (χ4v) is 4.17. The molecule has 0 saturated carbocycles. The highest BCUT2D eigenvalue weighted by molar-refractivity contribution is 7.73. The van der Waals surface area contributed by atoms with Gasteiger partial charge in [0.2, 0.25) is 0 Å². The van der Waals surface area contributed by atoms with Crippen LogP contribution in [0.4, 0.5) is 5.69 Å². The maximum Gasteiger partial charge on any atom is 0.269 e. The van der Waals surface area contributed by atoms with Gasteiger partial charge in [-0.25, -0.2) is 0 Å². The molecule has 1 aromatic heterocycles. The molecule has 6 heteroatoms. The molecule has 0 unspecified atom stereocenters. The number of hydrogen-bond donors (Lipinski definition) is 1. The molecule has 1 heterocycles. The number of nitrogens with zero attached hydrogens (tertiary/aromatic N) is 2. The Balaban J connectivity index is 1.98. The van der Waals surface area contributed by atoms with Gasteiger partial charge in [-0.15, -0.1) is 11.3 Å². The van der Waals surface area contributed by atoms with Crippen LogP contribution in [0.3, 0.4) is 0 Å². The molecule has 0 radical (unpaired) electrons. The molecule has 1 N–H and O–H groups in total. The van der Waals surface area contributed by atoms with Crippen molar-refractivity contribution in [2.45, 2.75) is 33.2 Å². The maximum atomic E-state index is 13.2. The quantitative estimate of drug-likeness (QED) is 0.327. The summed E-state index contributed by atoms with van der Waals surface area (Å²) in [6.45, 7) is 5.96. The van der Waals surface area contributed by atoms with E-state index in [9.17, 15) is 10.1 Å². The van der Waals surface area contributed by atoms with Crippen molar-refractivity contribution in [1.82, 2.24) is 4.98 Å². The van der Waals surface area contributed by atoms with Gasteiger partial charge in [0, 0.05) is 11.7 Å². The summed E-state index contributed by atoms with van der Waals surface area (Å²) in [4.78, 5) is 18.0. The number of nitriles is 1. The number of aromatic amines is 1. The summed E-state index contributed by atoms with van der Waals surface area (Å²) in [6, 6.07) is 15.6. The van der Waals surface area contributed by atoms with Crippen molar-refractivity contribution < 1.29 is 4.79 Å². The summed E-state index contributed by atoms with van der Waals surface area (Å²) in [6.07, 6.45) is 2.60. The van der Waals surface area contributed by atoms with Crippen molar-refractivity contribution >= 4 is 51.4 Å². The Hall–Kier alpha value is -2.75. The molecule has 0 bridgehead atoms. The second kappa shape index (κ2) is 8.51. The molecule has 2 aromatic carbocycles. The number of hydrogen-bond acceptors (Lipinski definition) is 4. The third kappa shape index (κ3) is 4.22. The molecule has 3 rings (SSSR count). The highest BCUT2D eigenvalue weighted by Gasteiger charge is 2.23. The first-order valence-corrected chi connectivity index (χ1v) is 10.3. The van der Waals surface area contributed by atoms with Crippen LogP contribution < -0.4 is 4.90 Å². The Kier molecular flexibility index (Phi) is 6.08. The van der Waals surface area contributed by atoms with Crippen molar-refractivity contribution in [3.63, 3.8) is 0 Å². The van der Waals surface area contributed by atoms with Crippen molar-refractivity contribution in [1.29, 1.82) is 5.26 Å². The van der Waals surface area contributed by atoms with Gasteiger partial charge in [0.05, 0.1) is 10.2 Å². The van der Waals surface area contributed by atoms with Gasteiger partial charge in [0.1, 0.15) is 11.6 Å². The predicted octanol–water partition coefficient (Wildman–Crippen LogP) is 5.87. The lowest BCUT2D eigenvalue weighted by Gasteiger charge is -2.26. The average Bonchev–Trinajstić information content (AvgIpc) is 3.05. The van der Waals surface area contributed by atoms with E-state index in [2.05, 4.69) is 18.0 Å². The van der Waals surface area contributed by atoms with Gasteiger partial charge >= 0.3 is 0 Å². The molecule has 0 spiro atoms. The van der Waals surface area contributed by atoms with Gasteiger partial charge in [-0.05, 0) is 67.9 Å². The second-order valence-electron chi connectivity index (χ2n) is 6.73. The Labute approximate surface area is 173 Å². The topological polar surface area (TPSA) is 59.9 Å². The Morgan fingerprint density at radius 1 is 1.29 bits per heavy atom. The highest BCUT2D eigenvalue weighted by atomic mass is 32.1. The molecule has 0 fully saturated rings. The molecule has 142 valence electrons. The van der Waals surface area contributed by atoms with E-state index in [0.29, 0.717) is 3.95 Å². The largest absolute Gasteiger partial charge is 0.337 e. The number of aromatic nitrogens is 1. The number of H-pyrrole nitrogens is 1. The lowest BCUT2D eigenvalue weighted by molar-refractivity contribution is -0.115. The van der Waals surface area contributed by atoms with Crippen LogP contribution in [0.25, 0.3) is 16.3 Å². The molecule has 4 nitrogen and oxygen atoms in total. The standard InChI is InChI=1S/C22H21N3OS2/c1-4-15-5-7-16(8-6-15)11-17(13-23)21(26)25(14(2)3)18-9-10-19-20(12-18)28-22(27)24-19/h5-12,14H,4H2,1-3H3,(H,24,27)/b17-11+. The number of anilines is 1. The molecule has 0 aliphatic rings. The molecule has 0 aliphatic carbocycles. The van der Waals surface area contributed by atoms with Crippen LogP contribution in [-0.2, 0) is 11.2 Å². The summed E-state index contributed by atoms with van der Waals surface area (Å²) in [5, 5.41) is 9.63. The minimum atomic E-state index is -0.310. The van der Waals surface area contributed by atoms with Crippen molar-refractivity contribution in [3.8, 4) is 6.07 Å². The third-order valence-electron chi connectivity index (χ3n) is 4.47. The summed E-state index contributed by atoms with van der Waals surface area (Å²) >= 11 is 6.68. The third-order valence-corrected chi connectivity index (χ3v) is 5.66. The molecule has 28 heavy (non-hydrogen) atoms. The first-order valence-electron chi connectivity index (χ1n) is 9.10. The molecule has 0 saturated heterocycles. The van der Waals surface area contributed by atoms with E-state index in [0.717, 1.165) is 27.9 Å². The molecule has 0 aliphatic heterocycles. The van der Waals surface area contributed by atoms with Crippen molar-refractivity contribution in [3.05, 3.63) is 63.1 Å². The van der Waals surface area contributed by atoms with Gasteiger partial charge in [-0.3, -0.25) is 4.79 Å². The summed E-state index contributed by atoms with van der Waals surface area (Å²) in [5.41, 5.74) is 3.86. The zero-order chi connectivity index (χ0) is 20.3. The number of carbonyl (C=O) groups excluding carboxylic acids is 1. The fourth-order valence-electron chi connectivity index (χ4n) is 3.02. The van der Waals surface area contributed by atoms with Crippen LogP contribution in [-0.4, -0.2) is 16.9 Å².